The van der Waals surface area contributed by atoms with Gasteiger partial charge in [-0.1, -0.05) is 18.0 Å². The molecule has 3 unspecified atom stereocenters. The minimum Gasteiger partial charge on any atom is -0.312 e. The molecule has 88 valence electrons. The Morgan fingerprint density at radius 2 is 2.19 bits per heavy atom. The Kier molecular flexibility index (Phi) is 3.07. The van der Waals surface area contributed by atoms with Gasteiger partial charge in [0.25, 0.3) is 0 Å². The van der Waals surface area contributed by atoms with Crippen molar-refractivity contribution in [2.24, 2.45) is 17.8 Å². The maximum absolute atomic E-state index is 6.12. The Balaban J connectivity index is 1.81. The van der Waals surface area contributed by atoms with Gasteiger partial charge in [-0.2, -0.15) is 0 Å². The monoisotopic (exact) mass is 319 g/mol. The summed E-state index contributed by atoms with van der Waals surface area (Å²) in [5.74, 6) is 2.83. The number of fused-ring (bicyclic) bond motifs is 1. The Labute approximate surface area is 114 Å². The molecule has 1 nitrogen and oxygen atoms in total. The van der Waals surface area contributed by atoms with Crippen molar-refractivity contribution >= 4 is 38.9 Å². The van der Waals surface area contributed by atoms with Crippen molar-refractivity contribution in [3.8, 4) is 0 Å². The van der Waals surface area contributed by atoms with E-state index in [9.17, 15) is 0 Å². The summed E-state index contributed by atoms with van der Waals surface area (Å²) in [5.41, 5.74) is 0. The molecule has 0 radical (unpaired) electrons. The minimum atomic E-state index is 0.518. The fourth-order valence-corrected chi connectivity index (χ4v) is 5.32. The van der Waals surface area contributed by atoms with Crippen LogP contribution in [0.5, 0.6) is 0 Å². The van der Waals surface area contributed by atoms with E-state index in [1.54, 1.807) is 11.3 Å². The maximum Gasteiger partial charge on any atom is 0.107 e. The van der Waals surface area contributed by atoms with Gasteiger partial charge in [-0.05, 0) is 59.6 Å². The van der Waals surface area contributed by atoms with Gasteiger partial charge in [0.05, 0.1) is 0 Å². The Hall–Kier alpha value is 0.430. The first-order valence-electron chi connectivity index (χ1n) is 5.84. The van der Waals surface area contributed by atoms with Crippen LogP contribution in [0, 0.1) is 17.8 Å². The molecule has 3 atom stereocenters. The molecule has 2 aliphatic carbocycles. The third-order valence-electron chi connectivity index (χ3n) is 4.14. The number of thiophene rings is 1. The fourth-order valence-electron chi connectivity index (χ4n) is 3.41. The topological polar surface area (TPSA) is 12.0 Å². The van der Waals surface area contributed by atoms with Gasteiger partial charge in [-0.3, -0.25) is 0 Å². The number of rotatable bonds is 3. The largest absolute Gasteiger partial charge is 0.312 e. The highest BCUT2D eigenvalue weighted by Gasteiger charge is 2.56. The average Bonchev–Trinajstić information content (AvgIpc) is 2.63. The lowest BCUT2D eigenvalue weighted by Crippen LogP contribution is -2.19. The van der Waals surface area contributed by atoms with E-state index in [2.05, 4.69) is 34.4 Å². The molecule has 1 aromatic rings. The second kappa shape index (κ2) is 4.27. The molecule has 2 saturated carbocycles. The molecule has 2 aliphatic rings. The summed E-state index contributed by atoms with van der Waals surface area (Å²) >= 11 is 11.3. The van der Waals surface area contributed by atoms with Gasteiger partial charge >= 0.3 is 0 Å². The van der Waals surface area contributed by atoms with E-state index < -0.39 is 0 Å². The molecule has 1 aromatic heterocycles. The van der Waals surface area contributed by atoms with Gasteiger partial charge in [-0.15, -0.1) is 11.3 Å². The van der Waals surface area contributed by atoms with E-state index in [-0.39, 0.29) is 0 Å². The van der Waals surface area contributed by atoms with Crippen molar-refractivity contribution in [3.63, 3.8) is 0 Å². The first-order chi connectivity index (χ1) is 7.72. The van der Waals surface area contributed by atoms with Crippen molar-refractivity contribution < 1.29 is 0 Å². The van der Waals surface area contributed by atoms with Crippen LogP contribution in [0.15, 0.2) is 10.5 Å². The first-order valence-corrected chi connectivity index (χ1v) is 7.83. The zero-order valence-corrected chi connectivity index (χ0v) is 12.3. The summed E-state index contributed by atoms with van der Waals surface area (Å²) in [5, 5.41) is 3.48. The molecule has 3 rings (SSSR count). The van der Waals surface area contributed by atoms with Crippen LogP contribution in [-0.4, -0.2) is 7.05 Å². The molecule has 2 fully saturated rings. The summed E-state index contributed by atoms with van der Waals surface area (Å²) in [6.07, 6.45) is 4.32. The van der Waals surface area contributed by atoms with Crippen LogP contribution in [0.3, 0.4) is 0 Å². The summed E-state index contributed by atoms with van der Waals surface area (Å²) in [4.78, 5) is 1.39. The van der Waals surface area contributed by atoms with Crippen LogP contribution in [0.1, 0.15) is 30.2 Å². The van der Waals surface area contributed by atoms with Crippen LogP contribution in [0.25, 0.3) is 0 Å². The van der Waals surface area contributed by atoms with Crippen molar-refractivity contribution in [1.29, 1.82) is 0 Å². The van der Waals surface area contributed by atoms with Gasteiger partial charge in [0.15, 0.2) is 0 Å². The highest BCUT2D eigenvalue weighted by molar-refractivity contribution is 9.10. The van der Waals surface area contributed by atoms with Gasteiger partial charge in [0, 0.05) is 15.4 Å². The van der Waals surface area contributed by atoms with Crippen LogP contribution in [-0.2, 0) is 0 Å². The molecule has 1 heterocycles. The summed E-state index contributed by atoms with van der Waals surface area (Å²) in [7, 11) is 2.07. The molecule has 16 heavy (non-hydrogen) atoms. The molecule has 0 bridgehead atoms. The van der Waals surface area contributed by atoms with E-state index in [1.165, 1.54) is 24.1 Å². The lowest BCUT2D eigenvalue weighted by atomic mass is 10.0. The van der Waals surface area contributed by atoms with Crippen LogP contribution >= 0.6 is 38.9 Å². The van der Waals surface area contributed by atoms with E-state index in [0.717, 1.165) is 26.6 Å². The molecule has 0 aliphatic heterocycles. The molecule has 0 spiro atoms. The van der Waals surface area contributed by atoms with Crippen molar-refractivity contribution in [2.75, 3.05) is 7.05 Å². The fraction of sp³-hybridized carbons (Fsp3) is 0.667. The van der Waals surface area contributed by atoms with Gasteiger partial charge in [-0.25, -0.2) is 0 Å². The standard InChI is InChI=1S/C12H15BrClNS/c1-15-11(9-5-8(13)12(14)16-9)10-6-3-2-4-7(6)10/h5-7,10-11,15H,2-4H2,1H3. The number of hydrogen-bond donors (Lipinski definition) is 1. The second-order valence-corrected chi connectivity index (χ2v) is 7.41. The Bertz CT molecular complexity index is 376. The lowest BCUT2D eigenvalue weighted by Gasteiger charge is -2.16. The maximum atomic E-state index is 6.12. The molecule has 4 heteroatoms. The predicted molar refractivity (Wildman–Crippen MR) is 73.2 cm³/mol. The lowest BCUT2D eigenvalue weighted by molar-refractivity contribution is 0.450. The Morgan fingerprint density at radius 1 is 1.50 bits per heavy atom. The molecule has 1 N–H and O–H groups in total. The van der Waals surface area contributed by atoms with Crippen LogP contribution < -0.4 is 5.32 Å². The molecule has 0 saturated heterocycles. The highest BCUT2D eigenvalue weighted by atomic mass is 79.9. The number of hydrogen-bond acceptors (Lipinski definition) is 2. The highest BCUT2D eigenvalue weighted by Crippen LogP contribution is 2.62. The quantitative estimate of drug-likeness (QED) is 0.866. The molecule has 0 amide bonds. The van der Waals surface area contributed by atoms with Gasteiger partial charge in [0.1, 0.15) is 4.34 Å². The van der Waals surface area contributed by atoms with E-state index >= 15 is 0 Å². The minimum absolute atomic E-state index is 0.518. The normalized spacial score (nSPS) is 33.8. The molecular weight excluding hydrogens is 306 g/mol. The van der Waals surface area contributed by atoms with Crippen molar-refractivity contribution in [2.45, 2.75) is 25.3 Å². The van der Waals surface area contributed by atoms with E-state index in [0.29, 0.717) is 6.04 Å². The Morgan fingerprint density at radius 3 is 2.69 bits per heavy atom. The third kappa shape index (κ3) is 1.76. The second-order valence-electron chi connectivity index (χ2n) is 4.87. The third-order valence-corrected chi connectivity index (χ3v) is 6.70. The van der Waals surface area contributed by atoms with Gasteiger partial charge < -0.3 is 5.32 Å². The average molecular weight is 321 g/mol. The predicted octanol–water partition coefficient (Wildman–Crippen LogP) is 4.47. The smallest absolute Gasteiger partial charge is 0.107 e. The number of halogens is 2. The van der Waals surface area contributed by atoms with Crippen LogP contribution in [0.4, 0.5) is 0 Å². The van der Waals surface area contributed by atoms with E-state index in [1.807, 2.05) is 0 Å². The zero-order valence-electron chi connectivity index (χ0n) is 9.17. The zero-order chi connectivity index (χ0) is 11.3. The van der Waals surface area contributed by atoms with E-state index in [4.69, 9.17) is 11.6 Å². The first kappa shape index (κ1) is 11.5. The van der Waals surface area contributed by atoms with Gasteiger partial charge in [0.2, 0.25) is 0 Å². The summed E-state index contributed by atoms with van der Waals surface area (Å²) in [6, 6.07) is 2.70. The molecular formula is C12H15BrClNS. The molecule has 0 aromatic carbocycles. The van der Waals surface area contributed by atoms with Crippen LogP contribution in [0.2, 0.25) is 4.34 Å². The summed E-state index contributed by atoms with van der Waals surface area (Å²) in [6.45, 7) is 0. The summed E-state index contributed by atoms with van der Waals surface area (Å²) < 4.78 is 1.92. The van der Waals surface area contributed by atoms with Crippen molar-refractivity contribution in [1.82, 2.24) is 5.32 Å². The van der Waals surface area contributed by atoms with Crippen molar-refractivity contribution in [3.05, 3.63) is 19.8 Å². The number of nitrogens with one attached hydrogen (secondary N) is 1. The SMILES string of the molecule is CNC(c1cc(Br)c(Cl)s1)C1C2CCCC21.